The standard InChI is InChI=1S/C46H28N2/c1-2-12-29(13-3-1)40-26-24-30-22-23-31-25-27-41(48-46(31)45(30)47-40)42-36-18-8-10-20-38(36)44(39-21-11-9-19-37(39)42)43-34-16-6-4-14-32(34)28-33-15-5-7-17-35(33)43/h1-28H. The van der Waals surface area contributed by atoms with E-state index in [1.807, 2.05) is 6.07 Å². The summed E-state index contributed by atoms with van der Waals surface area (Å²) in [4.78, 5) is 10.6. The Hall–Kier alpha value is -6.38. The number of hydrogen-bond acceptors (Lipinski definition) is 2. The van der Waals surface area contributed by atoms with Gasteiger partial charge in [-0.3, -0.25) is 0 Å². The lowest BCUT2D eigenvalue weighted by Crippen LogP contribution is -1.95. The molecule has 0 aliphatic heterocycles. The summed E-state index contributed by atoms with van der Waals surface area (Å²) >= 11 is 0. The van der Waals surface area contributed by atoms with Crippen LogP contribution in [0.25, 0.3) is 98.5 Å². The average molecular weight is 609 g/mol. The lowest BCUT2D eigenvalue weighted by atomic mass is 9.83. The molecule has 2 heteroatoms. The minimum Gasteiger partial charge on any atom is -0.245 e. The van der Waals surface area contributed by atoms with Crippen LogP contribution in [0.3, 0.4) is 0 Å². The Morgan fingerprint density at radius 3 is 1.23 bits per heavy atom. The third-order valence-electron chi connectivity index (χ3n) is 9.80. The van der Waals surface area contributed by atoms with Gasteiger partial charge in [0.05, 0.1) is 22.4 Å². The summed E-state index contributed by atoms with van der Waals surface area (Å²) in [5.41, 5.74) is 8.52. The van der Waals surface area contributed by atoms with Crippen LogP contribution in [0.5, 0.6) is 0 Å². The van der Waals surface area contributed by atoms with Crippen molar-refractivity contribution in [1.82, 2.24) is 9.97 Å². The summed E-state index contributed by atoms with van der Waals surface area (Å²) in [6.45, 7) is 0. The molecule has 2 aromatic heterocycles. The summed E-state index contributed by atoms with van der Waals surface area (Å²) in [7, 11) is 0. The first kappa shape index (κ1) is 26.8. The third-order valence-corrected chi connectivity index (χ3v) is 9.80. The number of pyridine rings is 2. The van der Waals surface area contributed by atoms with E-state index in [-0.39, 0.29) is 0 Å². The summed E-state index contributed by atoms with van der Waals surface area (Å²) in [6, 6.07) is 60.9. The van der Waals surface area contributed by atoms with Gasteiger partial charge >= 0.3 is 0 Å². The molecule has 0 aliphatic carbocycles. The molecule has 0 radical (unpaired) electrons. The van der Waals surface area contributed by atoms with Crippen LogP contribution in [0, 0.1) is 0 Å². The van der Waals surface area contributed by atoms with E-state index >= 15 is 0 Å². The van der Waals surface area contributed by atoms with Crippen molar-refractivity contribution in [3.63, 3.8) is 0 Å². The maximum Gasteiger partial charge on any atom is 0.0972 e. The predicted octanol–water partition coefficient (Wildman–Crippen LogP) is 12.4. The normalized spacial score (nSPS) is 11.8. The minimum absolute atomic E-state index is 0.917. The second kappa shape index (κ2) is 10.6. The van der Waals surface area contributed by atoms with Gasteiger partial charge in [-0.2, -0.15) is 0 Å². The predicted molar refractivity (Wildman–Crippen MR) is 203 cm³/mol. The topological polar surface area (TPSA) is 25.8 Å². The number of benzene rings is 8. The SMILES string of the molecule is c1ccc(-c2ccc3ccc4ccc(-c5c6ccccc6c(-c6c7ccccc7cc7ccccc67)c6ccccc56)nc4c3n2)cc1. The zero-order chi connectivity index (χ0) is 31.6. The zero-order valence-electron chi connectivity index (χ0n) is 26.1. The van der Waals surface area contributed by atoms with Crippen molar-refractivity contribution in [3.05, 3.63) is 170 Å². The van der Waals surface area contributed by atoms with Crippen molar-refractivity contribution in [2.45, 2.75) is 0 Å². The maximum atomic E-state index is 5.45. The highest BCUT2D eigenvalue weighted by atomic mass is 14.8. The largest absolute Gasteiger partial charge is 0.245 e. The summed E-state index contributed by atoms with van der Waals surface area (Å²) in [5.74, 6) is 0. The summed E-state index contributed by atoms with van der Waals surface area (Å²) < 4.78 is 0. The van der Waals surface area contributed by atoms with E-state index in [0.29, 0.717) is 0 Å². The molecule has 0 unspecified atom stereocenters. The van der Waals surface area contributed by atoms with E-state index in [2.05, 4.69) is 164 Å². The molecule has 0 N–H and O–H groups in total. The Kier molecular flexibility index (Phi) is 5.91. The van der Waals surface area contributed by atoms with Crippen LogP contribution in [0.2, 0.25) is 0 Å². The van der Waals surface area contributed by atoms with Gasteiger partial charge in [0.15, 0.2) is 0 Å². The zero-order valence-corrected chi connectivity index (χ0v) is 26.1. The molecule has 0 spiro atoms. The van der Waals surface area contributed by atoms with Crippen molar-refractivity contribution < 1.29 is 0 Å². The van der Waals surface area contributed by atoms with Crippen molar-refractivity contribution in [3.8, 4) is 33.6 Å². The number of nitrogens with zero attached hydrogens (tertiary/aromatic N) is 2. The van der Waals surface area contributed by atoms with Gasteiger partial charge in [-0.05, 0) is 72.4 Å². The minimum atomic E-state index is 0.917. The van der Waals surface area contributed by atoms with E-state index in [0.717, 1.165) is 44.3 Å². The Morgan fingerprint density at radius 1 is 0.271 bits per heavy atom. The molecular weight excluding hydrogens is 581 g/mol. The smallest absolute Gasteiger partial charge is 0.0972 e. The molecule has 222 valence electrons. The maximum absolute atomic E-state index is 5.45. The summed E-state index contributed by atoms with van der Waals surface area (Å²) in [6.07, 6.45) is 0. The van der Waals surface area contributed by atoms with Gasteiger partial charge in [0, 0.05) is 21.9 Å². The quantitative estimate of drug-likeness (QED) is 0.147. The number of hydrogen-bond donors (Lipinski definition) is 0. The average Bonchev–Trinajstić information content (AvgIpc) is 3.16. The molecule has 10 rings (SSSR count). The molecule has 2 heterocycles. The molecule has 0 amide bonds. The highest BCUT2D eigenvalue weighted by Crippen LogP contribution is 2.47. The molecule has 0 aliphatic rings. The molecule has 2 nitrogen and oxygen atoms in total. The van der Waals surface area contributed by atoms with Crippen molar-refractivity contribution in [1.29, 1.82) is 0 Å². The van der Waals surface area contributed by atoms with E-state index in [1.165, 1.54) is 54.2 Å². The van der Waals surface area contributed by atoms with Crippen molar-refractivity contribution >= 4 is 64.9 Å². The third kappa shape index (κ3) is 4.06. The van der Waals surface area contributed by atoms with E-state index in [9.17, 15) is 0 Å². The summed E-state index contributed by atoms with van der Waals surface area (Å²) in [5, 5.41) is 12.0. The lowest BCUT2D eigenvalue weighted by Gasteiger charge is -2.20. The lowest BCUT2D eigenvalue weighted by molar-refractivity contribution is 1.37. The molecule has 8 aromatic carbocycles. The van der Waals surface area contributed by atoms with Crippen LogP contribution in [-0.4, -0.2) is 9.97 Å². The Morgan fingerprint density at radius 2 is 0.667 bits per heavy atom. The molecule has 0 fully saturated rings. The van der Waals surface area contributed by atoms with Gasteiger partial charge in [-0.15, -0.1) is 0 Å². The van der Waals surface area contributed by atoms with Crippen LogP contribution in [0.4, 0.5) is 0 Å². The fraction of sp³-hybridized carbons (Fsp3) is 0. The van der Waals surface area contributed by atoms with Gasteiger partial charge in [0.1, 0.15) is 0 Å². The highest BCUT2D eigenvalue weighted by Gasteiger charge is 2.21. The highest BCUT2D eigenvalue weighted by molar-refractivity contribution is 6.27. The first-order valence-electron chi connectivity index (χ1n) is 16.4. The Labute approximate surface area is 277 Å². The Bertz CT molecular complexity index is 2780. The number of rotatable bonds is 3. The van der Waals surface area contributed by atoms with Gasteiger partial charge in [0.2, 0.25) is 0 Å². The van der Waals surface area contributed by atoms with Crippen LogP contribution >= 0.6 is 0 Å². The van der Waals surface area contributed by atoms with Crippen LogP contribution < -0.4 is 0 Å². The van der Waals surface area contributed by atoms with Crippen molar-refractivity contribution in [2.75, 3.05) is 0 Å². The molecule has 0 saturated carbocycles. The van der Waals surface area contributed by atoms with Gasteiger partial charge in [-0.25, -0.2) is 9.97 Å². The monoisotopic (exact) mass is 608 g/mol. The van der Waals surface area contributed by atoms with Gasteiger partial charge in [-0.1, -0.05) is 152 Å². The molecule has 10 aromatic rings. The molecule has 48 heavy (non-hydrogen) atoms. The fourth-order valence-electron chi connectivity index (χ4n) is 7.63. The first-order valence-corrected chi connectivity index (χ1v) is 16.4. The fourth-order valence-corrected chi connectivity index (χ4v) is 7.63. The van der Waals surface area contributed by atoms with Gasteiger partial charge in [0.25, 0.3) is 0 Å². The van der Waals surface area contributed by atoms with Gasteiger partial charge < -0.3 is 0 Å². The molecule has 0 saturated heterocycles. The van der Waals surface area contributed by atoms with Crippen LogP contribution in [-0.2, 0) is 0 Å². The van der Waals surface area contributed by atoms with Crippen LogP contribution in [0.1, 0.15) is 0 Å². The Balaban J connectivity index is 1.31. The van der Waals surface area contributed by atoms with Crippen molar-refractivity contribution in [2.24, 2.45) is 0 Å². The molecular formula is C46H28N2. The second-order valence-electron chi connectivity index (χ2n) is 12.5. The second-order valence-corrected chi connectivity index (χ2v) is 12.5. The number of aromatic nitrogens is 2. The van der Waals surface area contributed by atoms with E-state index < -0.39 is 0 Å². The molecule has 0 bridgehead atoms. The van der Waals surface area contributed by atoms with Crippen LogP contribution in [0.15, 0.2) is 170 Å². The molecule has 0 atom stereocenters. The van der Waals surface area contributed by atoms with E-state index in [1.54, 1.807) is 0 Å². The number of fused-ring (bicyclic) bond motifs is 7. The van der Waals surface area contributed by atoms with E-state index in [4.69, 9.17) is 9.97 Å². The first-order chi connectivity index (χ1) is 23.8.